The number of anilines is 1. The van der Waals surface area contributed by atoms with Crippen LogP contribution in [0, 0.1) is 0 Å². The summed E-state index contributed by atoms with van der Waals surface area (Å²) in [6.45, 7) is 5.63. The fourth-order valence-corrected chi connectivity index (χ4v) is 2.91. The molecule has 6 nitrogen and oxygen atoms in total. The number of amides is 1. The van der Waals surface area contributed by atoms with Crippen LogP contribution in [0.25, 0.3) is 0 Å². The summed E-state index contributed by atoms with van der Waals surface area (Å²) in [7, 11) is 0. The van der Waals surface area contributed by atoms with Crippen LogP contribution < -0.4 is 10.2 Å². The number of rotatable bonds is 5. The topological polar surface area (TPSA) is 65.9 Å². The van der Waals surface area contributed by atoms with E-state index in [-0.39, 0.29) is 11.9 Å². The maximum Gasteiger partial charge on any atom is 0.277 e. The number of nitrogens with two attached hydrogens (primary N) is 1. The van der Waals surface area contributed by atoms with E-state index in [1.54, 1.807) is 12.4 Å². The standard InChI is InChI=1S/C18H23N5O/c1-15(16-6-3-2-4-7-16)21-14-17(24)22-10-12-23(13-11-22)18-19-8-5-9-20-18/h2-9,15,21H,10-14H2,1H3/p+1/t15-/m0/s1. The predicted molar refractivity (Wildman–Crippen MR) is 92.5 cm³/mol. The zero-order chi connectivity index (χ0) is 16.8. The van der Waals surface area contributed by atoms with Crippen LogP contribution in [0.1, 0.15) is 18.5 Å². The summed E-state index contributed by atoms with van der Waals surface area (Å²) < 4.78 is 0. The third-order valence-electron chi connectivity index (χ3n) is 4.44. The Bertz CT molecular complexity index is 641. The summed E-state index contributed by atoms with van der Waals surface area (Å²) in [5.74, 6) is 0.945. The van der Waals surface area contributed by atoms with Crippen LogP contribution in [-0.4, -0.2) is 53.5 Å². The summed E-state index contributed by atoms with van der Waals surface area (Å²) in [6.07, 6.45) is 3.50. The summed E-state index contributed by atoms with van der Waals surface area (Å²) in [5, 5.41) is 2.10. The zero-order valence-electron chi connectivity index (χ0n) is 14.0. The number of quaternary nitrogens is 1. The van der Waals surface area contributed by atoms with Gasteiger partial charge in [0.05, 0.1) is 0 Å². The third kappa shape index (κ3) is 4.08. The molecule has 1 amide bonds. The molecule has 0 unspecified atom stereocenters. The predicted octanol–water partition coefficient (Wildman–Crippen LogP) is 0.450. The Balaban J connectivity index is 1.45. The minimum Gasteiger partial charge on any atom is -0.337 e. The van der Waals surface area contributed by atoms with Crippen molar-refractivity contribution >= 4 is 11.9 Å². The van der Waals surface area contributed by atoms with Gasteiger partial charge in [-0.2, -0.15) is 0 Å². The molecule has 1 aliphatic rings. The van der Waals surface area contributed by atoms with Gasteiger partial charge < -0.3 is 15.1 Å². The van der Waals surface area contributed by atoms with Crippen molar-refractivity contribution in [2.45, 2.75) is 13.0 Å². The first-order chi connectivity index (χ1) is 11.7. The highest BCUT2D eigenvalue weighted by molar-refractivity contribution is 5.77. The van der Waals surface area contributed by atoms with Crippen LogP contribution >= 0.6 is 0 Å². The Morgan fingerprint density at radius 2 is 1.75 bits per heavy atom. The molecule has 1 aromatic carbocycles. The molecule has 1 atom stereocenters. The van der Waals surface area contributed by atoms with E-state index in [1.165, 1.54) is 5.56 Å². The van der Waals surface area contributed by atoms with Crippen molar-refractivity contribution in [3.63, 3.8) is 0 Å². The van der Waals surface area contributed by atoms with E-state index in [9.17, 15) is 4.79 Å². The van der Waals surface area contributed by atoms with Gasteiger partial charge in [-0.15, -0.1) is 0 Å². The smallest absolute Gasteiger partial charge is 0.277 e. The number of aromatic nitrogens is 2. The summed E-state index contributed by atoms with van der Waals surface area (Å²) in [6, 6.07) is 12.4. The van der Waals surface area contributed by atoms with Gasteiger partial charge in [0.15, 0.2) is 6.54 Å². The van der Waals surface area contributed by atoms with E-state index in [2.05, 4.69) is 39.2 Å². The van der Waals surface area contributed by atoms with Gasteiger partial charge in [0.1, 0.15) is 6.04 Å². The molecule has 126 valence electrons. The molecule has 3 rings (SSSR count). The van der Waals surface area contributed by atoms with Gasteiger partial charge in [-0.3, -0.25) is 4.79 Å². The fraction of sp³-hybridized carbons (Fsp3) is 0.389. The first kappa shape index (κ1) is 16.4. The van der Waals surface area contributed by atoms with Gasteiger partial charge in [0.2, 0.25) is 5.95 Å². The van der Waals surface area contributed by atoms with Crippen molar-refractivity contribution in [1.82, 2.24) is 14.9 Å². The van der Waals surface area contributed by atoms with Crippen LogP contribution in [0.2, 0.25) is 0 Å². The Morgan fingerprint density at radius 1 is 1.08 bits per heavy atom. The van der Waals surface area contributed by atoms with E-state index < -0.39 is 0 Å². The Kier molecular flexibility index (Phi) is 5.38. The maximum absolute atomic E-state index is 12.4. The molecule has 2 heterocycles. The van der Waals surface area contributed by atoms with Gasteiger partial charge in [0.25, 0.3) is 5.91 Å². The summed E-state index contributed by atoms with van der Waals surface area (Å²) in [4.78, 5) is 25.0. The van der Waals surface area contributed by atoms with Crippen LogP contribution in [0.4, 0.5) is 5.95 Å². The molecule has 0 bridgehead atoms. The molecular formula is C18H24N5O+. The zero-order valence-corrected chi connectivity index (χ0v) is 14.0. The van der Waals surface area contributed by atoms with Gasteiger partial charge in [0, 0.05) is 44.1 Å². The van der Waals surface area contributed by atoms with Crippen LogP contribution in [0.15, 0.2) is 48.8 Å². The molecule has 0 aliphatic carbocycles. The molecule has 2 N–H and O–H groups in total. The molecule has 1 aromatic heterocycles. The number of carbonyl (C=O) groups is 1. The van der Waals surface area contributed by atoms with Crippen molar-refractivity contribution in [2.24, 2.45) is 0 Å². The first-order valence-electron chi connectivity index (χ1n) is 8.42. The Hall–Kier alpha value is -2.47. The lowest BCUT2D eigenvalue weighted by atomic mass is 10.1. The maximum atomic E-state index is 12.4. The van der Waals surface area contributed by atoms with E-state index in [4.69, 9.17) is 0 Å². The number of carbonyl (C=O) groups excluding carboxylic acids is 1. The Labute approximate surface area is 142 Å². The number of hydrogen-bond acceptors (Lipinski definition) is 4. The van der Waals surface area contributed by atoms with E-state index in [0.717, 1.165) is 32.1 Å². The average molecular weight is 326 g/mol. The highest BCUT2D eigenvalue weighted by Gasteiger charge is 2.23. The molecule has 0 spiro atoms. The van der Waals surface area contributed by atoms with Crippen molar-refractivity contribution < 1.29 is 10.1 Å². The molecule has 6 heteroatoms. The molecule has 24 heavy (non-hydrogen) atoms. The average Bonchev–Trinajstić information content (AvgIpc) is 2.67. The SMILES string of the molecule is C[C@H]([NH2+]CC(=O)N1CCN(c2ncccn2)CC1)c1ccccc1. The van der Waals surface area contributed by atoms with Crippen molar-refractivity contribution in [2.75, 3.05) is 37.6 Å². The van der Waals surface area contributed by atoms with Gasteiger partial charge in [-0.05, 0) is 13.0 Å². The molecule has 1 saturated heterocycles. The minimum absolute atomic E-state index is 0.200. The minimum atomic E-state index is 0.200. The fourth-order valence-electron chi connectivity index (χ4n) is 2.91. The highest BCUT2D eigenvalue weighted by atomic mass is 16.2. The second kappa shape index (κ2) is 7.88. The van der Waals surface area contributed by atoms with E-state index in [0.29, 0.717) is 6.54 Å². The monoisotopic (exact) mass is 326 g/mol. The second-order valence-electron chi connectivity index (χ2n) is 6.06. The highest BCUT2D eigenvalue weighted by Crippen LogP contribution is 2.10. The van der Waals surface area contributed by atoms with Crippen LogP contribution in [0.5, 0.6) is 0 Å². The van der Waals surface area contributed by atoms with Crippen molar-refractivity contribution in [1.29, 1.82) is 0 Å². The summed E-state index contributed by atoms with van der Waals surface area (Å²) in [5.41, 5.74) is 1.25. The number of benzene rings is 1. The molecule has 1 aliphatic heterocycles. The largest absolute Gasteiger partial charge is 0.337 e. The summed E-state index contributed by atoms with van der Waals surface area (Å²) >= 11 is 0. The molecule has 0 saturated carbocycles. The number of piperazine rings is 1. The van der Waals surface area contributed by atoms with Gasteiger partial charge in [-0.25, -0.2) is 9.97 Å². The van der Waals surface area contributed by atoms with Crippen molar-refractivity contribution in [3.05, 3.63) is 54.4 Å². The second-order valence-corrected chi connectivity index (χ2v) is 6.06. The molecular weight excluding hydrogens is 302 g/mol. The Morgan fingerprint density at radius 3 is 2.42 bits per heavy atom. The van der Waals surface area contributed by atoms with Crippen molar-refractivity contribution in [3.8, 4) is 0 Å². The molecule has 2 aromatic rings. The number of hydrogen-bond donors (Lipinski definition) is 1. The first-order valence-corrected chi connectivity index (χ1v) is 8.42. The van der Waals surface area contributed by atoms with E-state index >= 15 is 0 Å². The van der Waals surface area contributed by atoms with Gasteiger partial charge in [-0.1, -0.05) is 30.3 Å². The normalized spacial score (nSPS) is 16.0. The lowest BCUT2D eigenvalue weighted by Crippen LogP contribution is -2.87. The van der Waals surface area contributed by atoms with E-state index in [1.807, 2.05) is 29.2 Å². The van der Waals surface area contributed by atoms with Crippen LogP contribution in [0.3, 0.4) is 0 Å². The van der Waals surface area contributed by atoms with Gasteiger partial charge >= 0.3 is 0 Å². The van der Waals surface area contributed by atoms with Crippen LogP contribution in [-0.2, 0) is 4.79 Å². The molecule has 1 fully saturated rings. The third-order valence-corrected chi connectivity index (χ3v) is 4.44. The molecule has 0 radical (unpaired) electrons. The lowest BCUT2D eigenvalue weighted by molar-refractivity contribution is -0.683. The lowest BCUT2D eigenvalue weighted by Gasteiger charge is -2.34. The quantitative estimate of drug-likeness (QED) is 0.866. The number of nitrogens with zero attached hydrogens (tertiary/aromatic N) is 4.